The molecule has 0 aliphatic heterocycles. The van der Waals surface area contributed by atoms with Crippen molar-refractivity contribution < 1.29 is 18.0 Å². The molecule has 0 saturated carbocycles. The maximum absolute atomic E-state index is 12.8. The van der Waals surface area contributed by atoms with Crippen molar-refractivity contribution in [1.82, 2.24) is 25.1 Å². The smallest absolute Gasteiger partial charge is 0.352 e. The van der Waals surface area contributed by atoms with E-state index < -0.39 is 12.0 Å². The fourth-order valence-electron chi connectivity index (χ4n) is 2.44. The van der Waals surface area contributed by atoms with Crippen LogP contribution in [0.3, 0.4) is 0 Å². The van der Waals surface area contributed by atoms with Crippen LogP contribution >= 0.6 is 11.3 Å². The van der Waals surface area contributed by atoms with Gasteiger partial charge in [0.15, 0.2) is 0 Å². The summed E-state index contributed by atoms with van der Waals surface area (Å²) in [7, 11) is 0. The summed E-state index contributed by atoms with van der Waals surface area (Å²) in [4.78, 5) is 12.3. The van der Waals surface area contributed by atoms with Gasteiger partial charge < -0.3 is 5.32 Å². The molecular weight excluding hydrogens is 379 g/mol. The Hall–Kier alpha value is -2.49. The van der Waals surface area contributed by atoms with Crippen LogP contribution in [0.25, 0.3) is 4.96 Å². The first-order valence-electron chi connectivity index (χ1n) is 8.23. The Morgan fingerprint density at radius 3 is 2.41 bits per heavy atom. The van der Waals surface area contributed by atoms with E-state index in [0.29, 0.717) is 21.5 Å². The van der Waals surface area contributed by atoms with E-state index in [9.17, 15) is 18.0 Å². The topological polar surface area (TPSA) is 72.2 Å². The highest BCUT2D eigenvalue weighted by molar-refractivity contribution is 7.16. The molecule has 0 atom stereocenters. The van der Waals surface area contributed by atoms with Crippen molar-refractivity contribution in [2.24, 2.45) is 0 Å². The van der Waals surface area contributed by atoms with E-state index in [2.05, 4.69) is 41.4 Å². The molecule has 0 aliphatic carbocycles. The van der Waals surface area contributed by atoms with Gasteiger partial charge in [-0.15, -0.1) is 10.2 Å². The second-order valence-corrected chi connectivity index (χ2v) is 8.09. The molecule has 144 valence electrons. The van der Waals surface area contributed by atoms with Crippen LogP contribution in [0.4, 0.5) is 13.2 Å². The normalized spacial score (nSPS) is 12.5. The molecule has 0 radical (unpaired) electrons. The van der Waals surface area contributed by atoms with Crippen molar-refractivity contribution in [2.45, 2.75) is 38.8 Å². The first-order chi connectivity index (χ1) is 12.6. The van der Waals surface area contributed by atoms with Gasteiger partial charge in [-0.25, -0.2) is 0 Å². The van der Waals surface area contributed by atoms with Crippen LogP contribution in [0, 0.1) is 0 Å². The molecular formula is C17H18F3N5OS. The van der Waals surface area contributed by atoms with Gasteiger partial charge in [0.2, 0.25) is 4.96 Å². The number of carbonyl (C=O) groups is 1. The van der Waals surface area contributed by atoms with Crippen LogP contribution in [0.1, 0.15) is 47.5 Å². The van der Waals surface area contributed by atoms with Gasteiger partial charge >= 0.3 is 6.18 Å². The number of halogens is 3. The Bertz CT molecular complexity index is 954. The highest BCUT2D eigenvalue weighted by Gasteiger charge is 2.38. The molecule has 0 fully saturated rings. The zero-order chi connectivity index (χ0) is 19.8. The van der Waals surface area contributed by atoms with Crippen molar-refractivity contribution in [1.29, 1.82) is 0 Å². The minimum absolute atomic E-state index is 0.00152. The van der Waals surface area contributed by atoms with E-state index in [-0.39, 0.29) is 22.8 Å². The van der Waals surface area contributed by atoms with Crippen LogP contribution in [0.5, 0.6) is 0 Å². The Kier molecular flexibility index (Phi) is 4.94. The summed E-state index contributed by atoms with van der Waals surface area (Å²) < 4.78 is 39.1. The number of carbonyl (C=O) groups excluding carboxylic acids is 1. The van der Waals surface area contributed by atoms with Gasteiger partial charge in [-0.2, -0.15) is 22.8 Å². The van der Waals surface area contributed by atoms with Gasteiger partial charge in [0, 0.05) is 18.5 Å². The van der Waals surface area contributed by atoms with Gasteiger partial charge in [-0.3, -0.25) is 4.79 Å². The van der Waals surface area contributed by atoms with Crippen LogP contribution in [0.15, 0.2) is 24.3 Å². The Balaban J connectivity index is 1.60. The van der Waals surface area contributed by atoms with Gasteiger partial charge in [0.1, 0.15) is 5.01 Å². The van der Waals surface area contributed by atoms with Crippen molar-refractivity contribution in [3.63, 3.8) is 0 Å². The van der Waals surface area contributed by atoms with Crippen molar-refractivity contribution in [3.8, 4) is 0 Å². The molecule has 1 N–H and O–H groups in total. The number of rotatable bonds is 4. The second kappa shape index (κ2) is 6.91. The minimum Gasteiger partial charge on any atom is -0.352 e. The Labute approximate surface area is 157 Å². The number of nitrogens with zero attached hydrogens (tertiary/aromatic N) is 4. The fraction of sp³-hybridized carbons (Fsp3) is 0.412. The summed E-state index contributed by atoms with van der Waals surface area (Å²) >= 11 is 1.01. The van der Waals surface area contributed by atoms with Gasteiger partial charge in [-0.05, 0) is 23.1 Å². The predicted octanol–water partition coefficient (Wildman–Crippen LogP) is 3.47. The van der Waals surface area contributed by atoms with E-state index in [1.807, 2.05) is 12.1 Å². The molecule has 3 aromatic rings. The molecule has 2 heterocycles. The first kappa shape index (κ1) is 19.3. The highest BCUT2D eigenvalue weighted by atomic mass is 32.1. The second-order valence-electron chi connectivity index (χ2n) is 7.04. The molecule has 2 aromatic heterocycles. The lowest BCUT2D eigenvalue weighted by atomic mass is 9.87. The summed E-state index contributed by atoms with van der Waals surface area (Å²) in [5.74, 6) is -1.39. The predicted molar refractivity (Wildman–Crippen MR) is 94.8 cm³/mol. The molecule has 3 rings (SSSR count). The van der Waals surface area contributed by atoms with Crippen molar-refractivity contribution in [3.05, 3.63) is 46.2 Å². The van der Waals surface area contributed by atoms with E-state index in [0.717, 1.165) is 16.9 Å². The third-order valence-electron chi connectivity index (χ3n) is 3.92. The van der Waals surface area contributed by atoms with Crippen LogP contribution < -0.4 is 5.32 Å². The molecule has 0 saturated heterocycles. The van der Waals surface area contributed by atoms with E-state index in [1.165, 1.54) is 0 Å². The SMILES string of the molecule is CC(C)(C)c1ccc(C(=O)NCCc2nn3c(C(F)(F)F)nnc3s2)cc1. The van der Waals surface area contributed by atoms with Crippen molar-refractivity contribution >= 4 is 22.2 Å². The minimum atomic E-state index is -4.61. The number of hydrogen-bond donors (Lipinski definition) is 1. The van der Waals surface area contributed by atoms with Crippen LogP contribution in [-0.2, 0) is 18.0 Å². The standard InChI is InChI=1S/C17H18F3N5OS/c1-16(2,3)11-6-4-10(5-7-11)13(26)21-9-8-12-24-25-14(17(18,19)20)22-23-15(25)27-12/h4-7H,8-9H2,1-3H3,(H,21,26). The van der Waals surface area contributed by atoms with Crippen molar-refractivity contribution in [2.75, 3.05) is 6.54 Å². The maximum atomic E-state index is 12.8. The van der Waals surface area contributed by atoms with Crippen LogP contribution in [-0.4, -0.2) is 32.3 Å². The van der Waals surface area contributed by atoms with Gasteiger partial charge in [0.05, 0.1) is 0 Å². The summed E-state index contributed by atoms with van der Waals surface area (Å²) in [5.41, 5.74) is 1.65. The lowest BCUT2D eigenvalue weighted by molar-refractivity contribution is -0.146. The number of benzene rings is 1. The summed E-state index contributed by atoms with van der Waals surface area (Å²) in [5, 5.41) is 13.7. The average molecular weight is 397 g/mol. The molecule has 0 bridgehead atoms. The number of hydrogen-bond acceptors (Lipinski definition) is 5. The van der Waals surface area contributed by atoms with Gasteiger partial charge in [-0.1, -0.05) is 44.2 Å². The summed E-state index contributed by atoms with van der Waals surface area (Å²) in [6, 6.07) is 7.34. The average Bonchev–Trinajstić information content (AvgIpc) is 3.13. The summed E-state index contributed by atoms with van der Waals surface area (Å²) in [6.45, 7) is 6.53. The molecule has 1 aromatic carbocycles. The Morgan fingerprint density at radius 2 is 1.81 bits per heavy atom. The third kappa shape index (κ3) is 4.26. The van der Waals surface area contributed by atoms with E-state index >= 15 is 0 Å². The van der Waals surface area contributed by atoms with Crippen LogP contribution in [0.2, 0.25) is 0 Å². The zero-order valence-electron chi connectivity index (χ0n) is 15.0. The number of amides is 1. The lowest BCUT2D eigenvalue weighted by Crippen LogP contribution is -2.25. The number of nitrogens with one attached hydrogen (secondary N) is 1. The molecule has 0 aliphatic rings. The molecule has 10 heteroatoms. The maximum Gasteiger partial charge on any atom is 0.453 e. The summed E-state index contributed by atoms with van der Waals surface area (Å²) in [6.07, 6.45) is -4.31. The number of alkyl halides is 3. The number of aromatic nitrogens is 4. The highest BCUT2D eigenvalue weighted by Crippen LogP contribution is 2.29. The monoisotopic (exact) mass is 397 g/mol. The third-order valence-corrected chi connectivity index (χ3v) is 4.88. The lowest BCUT2D eigenvalue weighted by Gasteiger charge is -2.19. The molecule has 27 heavy (non-hydrogen) atoms. The first-order valence-corrected chi connectivity index (χ1v) is 9.04. The van der Waals surface area contributed by atoms with E-state index in [1.54, 1.807) is 12.1 Å². The van der Waals surface area contributed by atoms with E-state index in [4.69, 9.17) is 0 Å². The Morgan fingerprint density at radius 1 is 1.15 bits per heavy atom. The largest absolute Gasteiger partial charge is 0.453 e. The van der Waals surface area contributed by atoms with Gasteiger partial charge in [0.25, 0.3) is 11.7 Å². The molecule has 6 nitrogen and oxygen atoms in total. The number of fused-ring (bicyclic) bond motifs is 1. The molecule has 1 amide bonds. The zero-order valence-corrected chi connectivity index (χ0v) is 15.8. The quantitative estimate of drug-likeness (QED) is 0.732. The molecule has 0 spiro atoms. The fourth-order valence-corrected chi connectivity index (χ4v) is 3.27. The molecule has 0 unspecified atom stereocenters.